The normalized spacial score (nSPS) is 16.7. The van der Waals surface area contributed by atoms with Crippen LogP contribution in [0.4, 0.5) is 0 Å². The van der Waals surface area contributed by atoms with Gasteiger partial charge in [0.2, 0.25) is 0 Å². The van der Waals surface area contributed by atoms with Gasteiger partial charge in [-0.15, -0.1) is 0 Å². The maximum Gasteiger partial charge on any atom is 2.00 e. The summed E-state index contributed by atoms with van der Waals surface area (Å²) in [7, 11) is 0. The maximum atomic E-state index is 5.74. The Kier molecular flexibility index (Phi) is 8.30. The number of benzene rings is 1. The van der Waals surface area contributed by atoms with Crippen molar-refractivity contribution in [3.63, 3.8) is 0 Å². The van der Waals surface area contributed by atoms with Crippen LogP contribution in [0.25, 0.3) is 0 Å². The van der Waals surface area contributed by atoms with Crippen molar-refractivity contribution in [3.05, 3.63) is 28.7 Å². The molecule has 1 aromatic carbocycles. The van der Waals surface area contributed by atoms with Crippen molar-refractivity contribution in [2.75, 3.05) is 26.2 Å². The fraction of sp³-hybridized carbons (Fsp3) is 0.571. The number of likely N-dealkylation sites (tertiary alicyclic amines) is 1. The Morgan fingerprint density at radius 3 is 2.28 bits per heavy atom. The SMILES string of the molecule is Brc1ccc(OCCN2CCCCCC2)cc1.[H-].[H-].[Mg+2]. The van der Waals surface area contributed by atoms with Gasteiger partial charge >= 0.3 is 23.1 Å². The second-order valence-electron chi connectivity index (χ2n) is 4.56. The van der Waals surface area contributed by atoms with E-state index in [4.69, 9.17) is 4.74 Å². The molecule has 0 N–H and O–H groups in total. The minimum Gasteiger partial charge on any atom is -1.00 e. The van der Waals surface area contributed by atoms with Crippen LogP contribution >= 0.6 is 15.9 Å². The van der Waals surface area contributed by atoms with E-state index in [0.29, 0.717) is 0 Å². The third-order valence-electron chi connectivity index (χ3n) is 3.19. The first-order chi connectivity index (χ1) is 8.34. The average molecular weight is 325 g/mol. The van der Waals surface area contributed by atoms with Crippen molar-refractivity contribution in [1.29, 1.82) is 0 Å². The van der Waals surface area contributed by atoms with Gasteiger partial charge in [-0.3, -0.25) is 4.90 Å². The second-order valence-corrected chi connectivity index (χ2v) is 5.47. The molecule has 1 aliphatic heterocycles. The summed E-state index contributed by atoms with van der Waals surface area (Å²) in [6.07, 6.45) is 5.48. The average Bonchev–Trinajstić information content (AvgIpc) is 2.60. The minimum absolute atomic E-state index is 0. The first-order valence-electron chi connectivity index (χ1n) is 6.45. The Bertz CT molecular complexity index is 332. The van der Waals surface area contributed by atoms with E-state index in [1.165, 1.54) is 38.8 Å². The van der Waals surface area contributed by atoms with Crippen LogP contribution in [0.1, 0.15) is 28.5 Å². The van der Waals surface area contributed by atoms with E-state index in [1.54, 1.807) is 0 Å². The molecule has 0 radical (unpaired) electrons. The molecule has 2 rings (SSSR count). The Balaban J connectivity index is 0. The molecule has 98 valence electrons. The summed E-state index contributed by atoms with van der Waals surface area (Å²) >= 11 is 3.42. The Morgan fingerprint density at radius 2 is 1.67 bits per heavy atom. The Hall–Kier alpha value is 0.226. The van der Waals surface area contributed by atoms with Crippen LogP contribution in [-0.4, -0.2) is 54.2 Å². The fourth-order valence-corrected chi connectivity index (χ4v) is 2.45. The molecule has 0 spiro atoms. The summed E-state index contributed by atoms with van der Waals surface area (Å²) in [6, 6.07) is 8.04. The summed E-state index contributed by atoms with van der Waals surface area (Å²) < 4.78 is 6.84. The second kappa shape index (κ2) is 9.18. The largest absolute Gasteiger partial charge is 2.00 e. The standard InChI is InChI=1S/C14H20BrNO.Mg.2H/c15-13-5-7-14(8-6-13)17-12-11-16-9-3-1-2-4-10-16;;;/h5-8H,1-4,9-12H2;;;/q;+2;2*-1. The van der Waals surface area contributed by atoms with E-state index < -0.39 is 0 Å². The van der Waals surface area contributed by atoms with Crippen molar-refractivity contribution in [1.82, 2.24) is 4.90 Å². The third kappa shape index (κ3) is 5.91. The molecule has 0 aliphatic carbocycles. The smallest absolute Gasteiger partial charge is 1.00 e. The number of hydrogen-bond acceptors (Lipinski definition) is 2. The van der Waals surface area contributed by atoms with Crippen LogP contribution in [0.5, 0.6) is 5.75 Å². The number of rotatable bonds is 4. The molecular weight excluding hydrogens is 302 g/mol. The van der Waals surface area contributed by atoms with Crippen molar-refractivity contribution in [2.45, 2.75) is 25.7 Å². The number of hydrogen-bond donors (Lipinski definition) is 0. The van der Waals surface area contributed by atoms with Gasteiger partial charge in [-0.2, -0.15) is 0 Å². The molecule has 0 bridgehead atoms. The van der Waals surface area contributed by atoms with Crippen LogP contribution in [-0.2, 0) is 0 Å². The molecule has 1 aromatic rings. The molecule has 1 saturated heterocycles. The molecule has 0 unspecified atom stereocenters. The number of nitrogens with zero attached hydrogens (tertiary/aromatic N) is 1. The summed E-state index contributed by atoms with van der Waals surface area (Å²) in [6.45, 7) is 4.32. The molecule has 0 aromatic heterocycles. The third-order valence-corrected chi connectivity index (χ3v) is 3.72. The molecule has 0 saturated carbocycles. The summed E-state index contributed by atoms with van der Waals surface area (Å²) in [4.78, 5) is 2.52. The zero-order chi connectivity index (χ0) is 11.9. The number of halogens is 1. The van der Waals surface area contributed by atoms with Gasteiger partial charge in [0, 0.05) is 11.0 Å². The molecule has 0 atom stereocenters. The van der Waals surface area contributed by atoms with Crippen LogP contribution in [0.2, 0.25) is 0 Å². The van der Waals surface area contributed by atoms with Crippen molar-refractivity contribution in [3.8, 4) is 5.75 Å². The topological polar surface area (TPSA) is 12.5 Å². The predicted octanol–water partition coefficient (Wildman–Crippen LogP) is 3.55. The van der Waals surface area contributed by atoms with Crippen molar-refractivity contribution >= 4 is 39.0 Å². The van der Waals surface area contributed by atoms with E-state index in [0.717, 1.165) is 23.4 Å². The van der Waals surface area contributed by atoms with Gasteiger partial charge in [-0.25, -0.2) is 0 Å². The molecule has 4 heteroatoms. The molecular formula is C14H22BrMgNO. The molecule has 0 amide bonds. The maximum absolute atomic E-state index is 5.74. The Labute approximate surface area is 137 Å². The summed E-state index contributed by atoms with van der Waals surface area (Å²) in [5, 5.41) is 0. The minimum atomic E-state index is 0. The Morgan fingerprint density at radius 1 is 1.06 bits per heavy atom. The molecule has 18 heavy (non-hydrogen) atoms. The van der Waals surface area contributed by atoms with E-state index >= 15 is 0 Å². The van der Waals surface area contributed by atoms with E-state index in [2.05, 4.69) is 20.8 Å². The summed E-state index contributed by atoms with van der Waals surface area (Å²) in [5.41, 5.74) is 0. The monoisotopic (exact) mass is 323 g/mol. The first kappa shape index (κ1) is 16.3. The van der Waals surface area contributed by atoms with Crippen molar-refractivity contribution in [2.24, 2.45) is 0 Å². The summed E-state index contributed by atoms with van der Waals surface area (Å²) in [5.74, 6) is 0.961. The van der Waals surface area contributed by atoms with Gasteiger partial charge in [-0.05, 0) is 50.2 Å². The van der Waals surface area contributed by atoms with Gasteiger partial charge in [0.25, 0.3) is 0 Å². The zero-order valence-electron chi connectivity index (χ0n) is 12.9. The predicted molar refractivity (Wildman–Crippen MR) is 82.5 cm³/mol. The number of ether oxygens (including phenoxy) is 1. The van der Waals surface area contributed by atoms with E-state index in [-0.39, 0.29) is 25.9 Å². The molecule has 1 fully saturated rings. The molecule has 1 heterocycles. The van der Waals surface area contributed by atoms with Gasteiger partial charge in [-0.1, -0.05) is 28.8 Å². The van der Waals surface area contributed by atoms with Crippen molar-refractivity contribution < 1.29 is 7.59 Å². The van der Waals surface area contributed by atoms with Crippen LogP contribution < -0.4 is 4.74 Å². The van der Waals surface area contributed by atoms with Crippen LogP contribution in [0, 0.1) is 0 Å². The van der Waals surface area contributed by atoms with Gasteiger partial charge in [0.05, 0.1) is 0 Å². The van der Waals surface area contributed by atoms with E-state index in [1.807, 2.05) is 24.3 Å². The molecule has 1 aliphatic rings. The fourth-order valence-electron chi connectivity index (χ4n) is 2.18. The van der Waals surface area contributed by atoms with Gasteiger partial charge < -0.3 is 7.59 Å². The van der Waals surface area contributed by atoms with Gasteiger partial charge in [0.15, 0.2) is 0 Å². The van der Waals surface area contributed by atoms with E-state index in [9.17, 15) is 0 Å². The van der Waals surface area contributed by atoms with Gasteiger partial charge in [0.1, 0.15) is 12.4 Å². The van der Waals surface area contributed by atoms with Crippen LogP contribution in [0.15, 0.2) is 28.7 Å². The van der Waals surface area contributed by atoms with Crippen LogP contribution in [0.3, 0.4) is 0 Å². The molecule has 2 nitrogen and oxygen atoms in total. The quantitative estimate of drug-likeness (QED) is 0.785. The first-order valence-corrected chi connectivity index (χ1v) is 7.24. The zero-order valence-corrected chi connectivity index (χ0v) is 13.9.